The zero-order valence-electron chi connectivity index (χ0n) is 22.2. The smallest absolute Gasteiger partial charge is 0.135 e. The summed E-state index contributed by atoms with van der Waals surface area (Å²) in [5, 5.41) is 40.9. The van der Waals surface area contributed by atoms with Gasteiger partial charge in [-0.25, -0.2) is 0 Å². The Morgan fingerprint density at radius 1 is 0.528 bits per heavy atom. The minimum atomic E-state index is -0.206. The van der Waals surface area contributed by atoms with Gasteiger partial charge in [-0.2, -0.15) is 0 Å². The fraction of sp³-hybridized carbons (Fsp3) is 0.600. The molecular formula is C30H46O4S2. The molecule has 0 spiro atoms. The number of phenols is 2. The molecule has 0 saturated carbocycles. The Labute approximate surface area is 226 Å². The fourth-order valence-electron chi connectivity index (χ4n) is 4.42. The lowest BCUT2D eigenvalue weighted by molar-refractivity contribution is 0.274. The van der Waals surface area contributed by atoms with E-state index in [2.05, 4.69) is 13.8 Å². The highest BCUT2D eigenvalue weighted by Gasteiger charge is 2.15. The molecule has 6 heteroatoms. The molecule has 202 valence electrons. The van der Waals surface area contributed by atoms with Gasteiger partial charge in [0.15, 0.2) is 0 Å². The van der Waals surface area contributed by atoms with Crippen LogP contribution in [0.2, 0.25) is 0 Å². The van der Waals surface area contributed by atoms with Gasteiger partial charge in [0.05, 0.1) is 23.0 Å². The van der Waals surface area contributed by atoms with E-state index in [0.717, 1.165) is 36.8 Å². The first-order valence-corrected chi connectivity index (χ1v) is 15.9. The third-order valence-electron chi connectivity index (χ3n) is 6.63. The average Bonchev–Trinajstić information content (AvgIpc) is 2.89. The van der Waals surface area contributed by atoms with Crippen LogP contribution >= 0.6 is 21.6 Å². The Bertz CT molecular complexity index is 828. The van der Waals surface area contributed by atoms with Crippen molar-refractivity contribution in [1.82, 2.24) is 0 Å². The monoisotopic (exact) mass is 534 g/mol. The Morgan fingerprint density at radius 2 is 0.889 bits per heavy atom. The maximum atomic E-state index is 10.7. The number of hydrogen-bond acceptors (Lipinski definition) is 6. The van der Waals surface area contributed by atoms with Crippen LogP contribution in [0.3, 0.4) is 0 Å². The van der Waals surface area contributed by atoms with Crippen LogP contribution in [0.5, 0.6) is 11.5 Å². The van der Waals surface area contributed by atoms with E-state index in [4.69, 9.17) is 0 Å². The summed E-state index contributed by atoms with van der Waals surface area (Å²) in [6, 6.07) is 7.81. The van der Waals surface area contributed by atoms with Crippen LogP contribution in [0.25, 0.3) is 0 Å². The first-order valence-electron chi connectivity index (χ1n) is 13.8. The molecule has 0 fully saturated rings. The minimum Gasteiger partial charge on any atom is -0.506 e. The Hall–Kier alpha value is -1.34. The van der Waals surface area contributed by atoms with Gasteiger partial charge >= 0.3 is 0 Å². The number of benzene rings is 2. The molecule has 4 N–H and O–H groups in total. The van der Waals surface area contributed by atoms with Gasteiger partial charge in [-0.05, 0) is 82.7 Å². The Kier molecular flexibility index (Phi) is 15.4. The second-order valence-electron chi connectivity index (χ2n) is 9.72. The third kappa shape index (κ3) is 10.6. The van der Waals surface area contributed by atoms with Crippen molar-refractivity contribution in [3.8, 4) is 11.5 Å². The van der Waals surface area contributed by atoms with Crippen LogP contribution < -0.4 is 0 Å². The highest BCUT2D eigenvalue weighted by molar-refractivity contribution is 8.76. The first-order chi connectivity index (χ1) is 17.5. The van der Waals surface area contributed by atoms with E-state index in [1.165, 1.54) is 85.8 Å². The second-order valence-corrected chi connectivity index (χ2v) is 11.9. The van der Waals surface area contributed by atoms with Gasteiger partial charge in [0.1, 0.15) is 11.5 Å². The van der Waals surface area contributed by atoms with Gasteiger partial charge < -0.3 is 20.4 Å². The maximum Gasteiger partial charge on any atom is 0.135 e. The van der Waals surface area contributed by atoms with Gasteiger partial charge in [-0.1, -0.05) is 78.1 Å². The molecule has 0 heterocycles. The fourth-order valence-corrected chi connectivity index (χ4v) is 6.72. The number of hydrogen-bond donors (Lipinski definition) is 4. The molecule has 36 heavy (non-hydrogen) atoms. The van der Waals surface area contributed by atoms with Crippen molar-refractivity contribution >= 4 is 21.6 Å². The van der Waals surface area contributed by atoms with Gasteiger partial charge in [0.25, 0.3) is 0 Å². The molecule has 0 aliphatic heterocycles. The number of aliphatic hydroxyl groups is 2. The SMILES string of the molecule is CCCCCCCCc1cc(CO)c(O)c(SSc2cc(CCCCCCCC)cc(CO)c2O)c1. The first kappa shape index (κ1) is 30.9. The molecule has 0 aromatic heterocycles. The predicted molar refractivity (Wildman–Crippen MR) is 154 cm³/mol. The van der Waals surface area contributed by atoms with E-state index in [-0.39, 0.29) is 24.7 Å². The molecule has 0 saturated heterocycles. The number of aromatic hydroxyl groups is 2. The number of unbranched alkanes of at least 4 members (excludes halogenated alkanes) is 10. The normalized spacial score (nSPS) is 11.3. The molecule has 4 nitrogen and oxygen atoms in total. The number of rotatable bonds is 19. The summed E-state index contributed by atoms with van der Waals surface area (Å²) < 4.78 is 0. The molecule has 0 amide bonds. The maximum absolute atomic E-state index is 10.7. The van der Waals surface area contributed by atoms with Crippen molar-refractivity contribution in [2.75, 3.05) is 0 Å². The molecule has 0 aliphatic rings. The lowest BCUT2D eigenvalue weighted by Gasteiger charge is -2.14. The van der Waals surface area contributed by atoms with Gasteiger partial charge in [-0.3, -0.25) is 0 Å². The van der Waals surface area contributed by atoms with Crippen molar-refractivity contribution in [2.24, 2.45) is 0 Å². The highest BCUT2D eigenvalue weighted by atomic mass is 33.1. The summed E-state index contributed by atoms with van der Waals surface area (Å²) >= 11 is 0. The van der Waals surface area contributed by atoms with E-state index < -0.39 is 0 Å². The largest absolute Gasteiger partial charge is 0.506 e. The van der Waals surface area contributed by atoms with Crippen LogP contribution in [0.1, 0.15) is 113 Å². The molecule has 2 rings (SSSR count). The zero-order chi connectivity index (χ0) is 26.2. The van der Waals surface area contributed by atoms with E-state index >= 15 is 0 Å². The van der Waals surface area contributed by atoms with E-state index in [1.54, 1.807) is 0 Å². The quantitative estimate of drug-likeness (QED) is 0.107. The molecule has 0 unspecified atom stereocenters. The van der Waals surface area contributed by atoms with Gasteiger partial charge in [0.2, 0.25) is 0 Å². The molecule has 2 aromatic rings. The van der Waals surface area contributed by atoms with Gasteiger partial charge in [-0.15, -0.1) is 0 Å². The molecule has 0 aliphatic carbocycles. The van der Waals surface area contributed by atoms with Crippen LogP contribution in [0.15, 0.2) is 34.1 Å². The summed E-state index contributed by atoms with van der Waals surface area (Å²) in [5.74, 6) is 0.207. The van der Waals surface area contributed by atoms with E-state index in [9.17, 15) is 20.4 Å². The Morgan fingerprint density at radius 3 is 1.25 bits per heavy atom. The molecular weight excluding hydrogens is 488 g/mol. The summed E-state index contributed by atoms with van der Waals surface area (Å²) in [6.45, 7) is 4.03. The van der Waals surface area contributed by atoms with Crippen LogP contribution in [0, 0.1) is 0 Å². The zero-order valence-corrected chi connectivity index (χ0v) is 23.9. The Balaban J connectivity index is 2.05. The minimum absolute atomic E-state index is 0.104. The summed E-state index contributed by atoms with van der Waals surface area (Å²) in [7, 11) is 2.78. The van der Waals surface area contributed by atoms with Crippen LogP contribution in [-0.4, -0.2) is 20.4 Å². The third-order valence-corrected chi connectivity index (χ3v) is 9.02. The van der Waals surface area contributed by atoms with Crippen LogP contribution in [0.4, 0.5) is 0 Å². The van der Waals surface area contributed by atoms with Crippen molar-refractivity contribution in [3.63, 3.8) is 0 Å². The van der Waals surface area contributed by atoms with Gasteiger partial charge in [0, 0.05) is 11.1 Å². The number of aliphatic hydroxyl groups excluding tert-OH is 2. The molecule has 0 bridgehead atoms. The summed E-state index contributed by atoms with van der Waals surface area (Å²) in [6.07, 6.45) is 16.5. The predicted octanol–water partition coefficient (Wildman–Crippen LogP) is 8.69. The average molecular weight is 535 g/mol. The van der Waals surface area contributed by atoms with Crippen LogP contribution in [-0.2, 0) is 26.1 Å². The molecule has 2 aromatic carbocycles. The standard InChI is InChI=1S/C30H46O4S2/c1-3-5-7-9-11-13-15-23-17-25(21-31)29(33)27(19-23)35-36-28-20-24(18-26(22-32)30(28)34)16-14-12-10-8-6-4-2/h17-20,31-34H,3-16,21-22H2,1-2H3. The molecule has 0 radical (unpaired) electrons. The number of aryl methyl sites for hydroxylation is 2. The van der Waals surface area contributed by atoms with Crippen molar-refractivity contribution in [3.05, 3.63) is 46.5 Å². The second kappa shape index (κ2) is 18.0. The van der Waals surface area contributed by atoms with Crippen molar-refractivity contribution in [2.45, 2.75) is 127 Å². The lowest BCUT2D eigenvalue weighted by atomic mass is 10.0. The summed E-state index contributed by atoms with van der Waals surface area (Å²) in [5.41, 5.74) is 3.32. The van der Waals surface area contributed by atoms with E-state index in [0.29, 0.717) is 20.9 Å². The summed E-state index contributed by atoms with van der Waals surface area (Å²) in [4.78, 5) is 1.39. The lowest BCUT2D eigenvalue weighted by Crippen LogP contribution is -1.94. The highest BCUT2D eigenvalue weighted by Crippen LogP contribution is 2.47. The van der Waals surface area contributed by atoms with E-state index in [1.807, 2.05) is 24.3 Å². The van der Waals surface area contributed by atoms with Crippen molar-refractivity contribution < 1.29 is 20.4 Å². The molecule has 0 atom stereocenters. The van der Waals surface area contributed by atoms with Crippen molar-refractivity contribution in [1.29, 1.82) is 0 Å². The topological polar surface area (TPSA) is 80.9 Å².